The molecule has 0 atom stereocenters. The standard InChI is InChI=1S/C10H9BrN6OS2/c1-17-9(12)15-16-10(17)19-4-7-13-14-8(18-7)5-2-3-6(11)20-5/h2-3H,4H2,1H3,(H2,12,15). The number of rotatable bonds is 4. The second kappa shape index (κ2) is 5.54. The highest BCUT2D eigenvalue weighted by Crippen LogP contribution is 2.31. The first-order chi connectivity index (χ1) is 9.63. The Hall–Kier alpha value is -1.39. The van der Waals surface area contributed by atoms with Crippen molar-refractivity contribution in [3.8, 4) is 10.8 Å². The minimum absolute atomic E-state index is 0.377. The third-order valence-corrected chi connectivity index (χ3v) is 5.06. The molecule has 0 aromatic carbocycles. The van der Waals surface area contributed by atoms with Gasteiger partial charge in [0.05, 0.1) is 14.4 Å². The smallest absolute Gasteiger partial charge is 0.257 e. The highest BCUT2D eigenvalue weighted by molar-refractivity contribution is 9.11. The quantitative estimate of drug-likeness (QED) is 0.702. The molecule has 0 aliphatic heterocycles. The lowest BCUT2D eigenvalue weighted by molar-refractivity contribution is 0.529. The molecule has 0 saturated heterocycles. The predicted molar refractivity (Wildman–Crippen MR) is 80.3 cm³/mol. The largest absolute Gasteiger partial charge is 0.419 e. The van der Waals surface area contributed by atoms with Crippen molar-refractivity contribution in [3.63, 3.8) is 0 Å². The molecular formula is C10H9BrN6OS2. The van der Waals surface area contributed by atoms with Crippen LogP contribution in [0.4, 0.5) is 5.95 Å². The summed E-state index contributed by atoms with van der Waals surface area (Å²) in [6.45, 7) is 0. The number of thiophene rings is 1. The second-order valence-corrected chi connectivity index (χ2v) is 7.20. The van der Waals surface area contributed by atoms with Crippen molar-refractivity contribution in [1.82, 2.24) is 25.0 Å². The predicted octanol–water partition coefficient (Wildman–Crippen LogP) is 2.56. The number of aromatic nitrogens is 5. The molecule has 3 aromatic heterocycles. The first-order valence-electron chi connectivity index (χ1n) is 5.49. The van der Waals surface area contributed by atoms with Gasteiger partial charge in [-0.15, -0.1) is 31.7 Å². The topological polar surface area (TPSA) is 95.7 Å². The molecule has 2 N–H and O–H groups in total. The number of nitrogens with two attached hydrogens (primary N) is 1. The fourth-order valence-electron chi connectivity index (χ4n) is 1.42. The molecule has 0 aliphatic rings. The summed E-state index contributed by atoms with van der Waals surface area (Å²) in [6, 6.07) is 3.88. The van der Waals surface area contributed by atoms with Gasteiger partial charge in [-0.3, -0.25) is 4.57 Å². The zero-order chi connectivity index (χ0) is 14.1. The van der Waals surface area contributed by atoms with E-state index >= 15 is 0 Å². The van der Waals surface area contributed by atoms with Crippen LogP contribution in [-0.2, 0) is 12.8 Å². The summed E-state index contributed by atoms with van der Waals surface area (Å²) in [5, 5.41) is 16.5. The normalized spacial score (nSPS) is 11.1. The molecular weight excluding hydrogens is 364 g/mol. The van der Waals surface area contributed by atoms with E-state index in [1.165, 1.54) is 11.8 Å². The first kappa shape index (κ1) is 13.6. The Labute approximate surface area is 130 Å². The number of hydrogen-bond donors (Lipinski definition) is 1. The van der Waals surface area contributed by atoms with E-state index in [-0.39, 0.29) is 0 Å². The summed E-state index contributed by atoms with van der Waals surface area (Å²) in [5.74, 6) is 1.96. The summed E-state index contributed by atoms with van der Waals surface area (Å²) < 4.78 is 8.34. The number of halogens is 1. The maximum atomic E-state index is 5.61. The maximum absolute atomic E-state index is 5.61. The molecule has 3 aromatic rings. The summed E-state index contributed by atoms with van der Waals surface area (Å²) in [4.78, 5) is 0.934. The van der Waals surface area contributed by atoms with E-state index in [1.54, 1.807) is 23.0 Å². The van der Waals surface area contributed by atoms with Crippen LogP contribution in [0, 0.1) is 0 Å². The Morgan fingerprint density at radius 2 is 2.20 bits per heavy atom. The minimum atomic E-state index is 0.377. The van der Waals surface area contributed by atoms with Gasteiger partial charge < -0.3 is 10.2 Å². The van der Waals surface area contributed by atoms with Crippen LogP contribution < -0.4 is 5.73 Å². The summed E-state index contributed by atoms with van der Waals surface area (Å²) >= 11 is 6.39. The van der Waals surface area contributed by atoms with Gasteiger partial charge in [0.25, 0.3) is 5.89 Å². The van der Waals surface area contributed by atoms with Gasteiger partial charge in [0.1, 0.15) is 0 Å². The molecule has 0 amide bonds. The molecule has 0 saturated carbocycles. The molecule has 3 heterocycles. The van der Waals surface area contributed by atoms with Crippen molar-refractivity contribution in [3.05, 3.63) is 21.8 Å². The Bertz CT molecular complexity index is 736. The van der Waals surface area contributed by atoms with Gasteiger partial charge in [-0.05, 0) is 28.1 Å². The van der Waals surface area contributed by atoms with Crippen LogP contribution >= 0.6 is 39.0 Å². The molecule has 0 bridgehead atoms. The Balaban J connectivity index is 1.70. The van der Waals surface area contributed by atoms with Gasteiger partial charge >= 0.3 is 0 Å². The SMILES string of the molecule is Cn1c(N)nnc1SCc1nnc(-c2ccc(Br)s2)o1. The van der Waals surface area contributed by atoms with E-state index in [2.05, 4.69) is 36.3 Å². The van der Waals surface area contributed by atoms with Gasteiger partial charge in [0, 0.05) is 7.05 Å². The van der Waals surface area contributed by atoms with Crippen LogP contribution in [0.1, 0.15) is 5.89 Å². The van der Waals surface area contributed by atoms with Crippen LogP contribution in [-0.4, -0.2) is 25.0 Å². The van der Waals surface area contributed by atoms with E-state index in [4.69, 9.17) is 10.2 Å². The number of hydrogen-bond acceptors (Lipinski definition) is 8. The molecule has 0 spiro atoms. The molecule has 10 heteroatoms. The van der Waals surface area contributed by atoms with Crippen LogP contribution in [0.2, 0.25) is 0 Å². The van der Waals surface area contributed by atoms with Crippen molar-refractivity contribution in [2.75, 3.05) is 5.73 Å². The molecule has 0 unspecified atom stereocenters. The average molecular weight is 373 g/mol. The van der Waals surface area contributed by atoms with Crippen LogP contribution in [0.3, 0.4) is 0 Å². The third kappa shape index (κ3) is 2.72. The van der Waals surface area contributed by atoms with Crippen LogP contribution in [0.15, 0.2) is 25.5 Å². The fraction of sp³-hybridized carbons (Fsp3) is 0.200. The van der Waals surface area contributed by atoms with Crippen molar-refractivity contribution in [2.24, 2.45) is 7.05 Å². The van der Waals surface area contributed by atoms with Gasteiger partial charge in [0.15, 0.2) is 5.16 Å². The molecule has 0 aliphatic carbocycles. The number of nitrogens with zero attached hydrogens (tertiary/aromatic N) is 5. The summed E-state index contributed by atoms with van der Waals surface area (Å²) in [5.41, 5.74) is 5.61. The molecule has 3 rings (SSSR count). The van der Waals surface area contributed by atoms with E-state index in [1.807, 2.05) is 12.1 Å². The van der Waals surface area contributed by atoms with E-state index in [9.17, 15) is 0 Å². The monoisotopic (exact) mass is 372 g/mol. The van der Waals surface area contributed by atoms with Gasteiger partial charge in [0.2, 0.25) is 11.8 Å². The third-order valence-electron chi connectivity index (χ3n) is 2.44. The summed E-state index contributed by atoms with van der Waals surface area (Å²) in [7, 11) is 1.81. The van der Waals surface area contributed by atoms with E-state index < -0.39 is 0 Å². The van der Waals surface area contributed by atoms with Crippen molar-refractivity contribution < 1.29 is 4.42 Å². The van der Waals surface area contributed by atoms with E-state index in [0.717, 1.165) is 8.66 Å². The lowest BCUT2D eigenvalue weighted by Gasteiger charge is -1.97. The summed E-state index contributed by atoms with van der Waals surface area (Å²) in [6.07, 6.45) is 0. The number of thioether (sulfide) groups is 1. The lowest BCUT2D eigenvalue weighted by atomic mass is 10.5. The Kier molecular flexibility index (Phi) is 3.76. The zero-order valence-corrected chi connectivity index (χ0v) is 13.5. The van der Waals surface area contributed by atoms with Gasteiger partial charge in [-0.1, -0.05) is 11.8 Å². The minimum Gasteiger partial charge on any atom is -0.419 e. The number of anilines is 1. The zero-order valence-electron chi connectivity index (χ0n) is 10.3. The molecule has 0 fully saturated rings. The molecule has 7 nitrogen and oxygen atoms in total. The van der Waals surface area contributed by atoms with E-state index in [0.29, 0.717) is 28.6 Å². The average Bonchev–Trinajstić information content (AvgIpc) is 3.12. The Morgan fingerprint density at radius 3 is 2.85 bits per heavy atom. The second-order valence-electron chi connectivity index (χ2n) is 3.79. The lowest BCUT2D eigenvalue weighted by Crippen LogP contribution is -1.98. The molecule has 0 radical (unpaired) electrons. The maximum Gasteiger partial charge on any atom is 0.257 e. The number of nitrogen functional groups attached to an aromatic ring is 1. The van der Waals surface area contributed by atoms with Crippen molar-refractivity contribution >= 4 is 45.0 Å². The van der Waals surface area contributed by atoms with Crippen molar-refractivity contribution in [1.29, 1.82) is 0 Å². The van der Waals surface area contributed by atoms with Crippen LogP contribution in [0.25, 0.3) is 10.8 Å². The molecule has 104 valence electrons. The van der Waals surface area contributed by atoms with Gasteiger partial charge in [-0.25, -0.2) is 0 Å². The highest BCUT2D eigenvalue weighted by atomic mass is 79.9. The van der Waals surface area contributed by atoms with Crippen molar-refractivity contribution in [2.45, 2.75) is 10.9 Å². The van der Waals surface area contributed by atoms with Crippen LogP contribution in [0.5, 0.6) is 0 Å². The van der Waals surface area contributed by atoms with Gasteiger partial charge in [-0.2, -0.15) is 0 Å². The first-order valence-corrected chi connectivity index (χ1v) is 8.09. The molecule has 20 heavy (non-hydrogen) atoms. The Morgan fingerprint density at radius 1 is 1.35 bits per heavy atom. The highest BCUT2D eigenvalue weighted by Gasteiger charge is 2.13. The fourth-order valence-corrected chi connectivity index (χ4v) is 3.48.